The SMILES string of the molecule is COc1cc(C=CC(=O)OCC(=O)Nc2cc(C)ccc2C)ccc1O. The summed E-state index contributed by atoms with van der Waals surface area (Å²) >= 11 is 0. The quantitative estimate of drug-likeness (QED) is 0.614. The van der Waals surface area contributed by atoms with E-state index in [1.54, 1.807) is 12.1 Å². The van der Waals surface area contributed by atoms with Crippen LogP contribution < -0.4 is 10.1 Å². The van der Waals surface area contributed by atoms with Crippen molar-refractivity contribution in [2.45, 2.75) is 13.8 Å². The van der Waals surface area contributed by atoms with Crippen LogP contribution in [0.4, 0.5) is 5.69 Å². The molecule has 0 unspecified atom stereocenters. The van der Waals surface area contributed by atoms with Crippen LogP contribution in [0.1, 0.15) is 16.7 Å². The molecule has 0 aliphatic heterocycles. The van der Waals surface area contributed by atoms with Crippen molar-refractivity contribution in [3.05, 3.63) is 59.2 Å². The minimum Gasteiger partial charge on any atom is -0.504 e. The zero-order valence-corrected chi connectivity index (χ0v) is 14.9. The maximum absolute atomic E-state index is 11.9. The molecule has 0 aliphatic rings. The van der Waals surface area contributed by atoms with Gasteiger partial charge in [0.2, 0.25) is 0 Å². The molecule has 2 aromatic rings. The van der Waals surface area contributed by atoms with Gasteiger partial charge in [0.1, 0.15) is 0 Å². The van der Waals surface area contributed by atoms with Crippen molar-refractivity contribution >= 4 is 23.6 Å². The Morgan fingerprint density at radius 2 is 1.92 bits per heavy atom. The van der Waals surface area contributed by atoms with Gasteiger partial charge in [0.05, 0.1) is 7.11 Å². The molecule has 0 aliphatic carbocycles. The Hall–Kier alpha value is -3.28. The van der Waals surface area contributed by atoms with E-state index in [1.807, 2.05) is 32.0 Å². The molecule has 0 spiro atoms. The van der Waals surface area contributed by atoms with Gasteiger partial charge in [0.15, 0.2) is 18.1 Å². The van der Waals surface area contributed by atoms with Crippen molar-refractivity contribution in [3.63, 3.8) is 0 Å². The van der Waals surface area contributed by atoms with Crippen LogP contribution in [0.25, 0.3) is 6.08 Å². The summed E-state index contributed by atoms with van der Waals surface area (Å²) in [5.74, 6) is -0.747. The second-order valence-electron chi connectivity index (χ2n) is 5.74. The number of rotatable bonds is 6. The predicted molar refractivity (Wildman–Crippen MR) is 99.2 cm³/mol. The molecule has 6 nitrogen and oxygen atoms in total. The van der Waals surface area contributed by atoms with Gasteiger partial charge in [-0.15, -0.1) is 0 Å². The van der Waals surface area contributed by atoms with E-state index in [0.717, 1.165) is 11.1 Å². The van der Waals surface area contributed by atoms with Crippen LogP contribution in [0.2, 0.25) is 0 Å². The Labute approximate surface area is 152 Å². The first-order valence-corrected chi connectivity index (χ1v) is 7.98. The van der Waals surface area contributed by atoms with Gasteiger partial charge in [0, 0.05) is 11.8 Å². The first-order valence-electron chi connectivity index (χ1n) is 7.98. The summed E-state index contributed by atoms with van der Waals surface area (Å²) in [4.78, 5) is 23.7. The third-order valence-electron chi connectivity index (χ3n) is 3.63. The molecule has 2 rings (SSSR count). The van der Waals surface area contributed by atoms with Crippen molar-refractivity contribution in [1.82, 2.24) is 0 Å². The molecule has 6 heteroatoms. The number of benzene rings is 2. The van der Waals surface area contributed by atoms with Gasteiger partial charge in [-0.25, -0.2) is 4.79 Å². The van der Waals surface area contributed by atoms with E-state index in [1.165, 1.54) is 25.3 Å². The molecule has 0 saturated heterocycles. The van der Waals surface area contributed by atoms with Crippen molar-refractivity contribution in [2.24, 2.45) is 0 Å². The van der Waals surface area contributed by atoms with Gasteiger partial charge in [-0.1, -0.05) is 18.2 Å². The van der Waals surface area contributed by atoms with Gasteiger partial charge in [-0.05, 0) is 54.8 Å². The molecule has 0 heterocycles. The lowest BCUT2D eigenvalue weighted by molar-refractivity contribution is -0.142. The molecule has 0 bridgehead atoms. The van der Waals surface area contributed by atoms with E-state index in [4.69, 9.17) is 9.47 Å². The third kappa shape index (κ3) is 5.37. The number of carbonyl (C=O) groups is 2. The number of methoxy groups -OCH3 is 1. The summed E-state index contributed by atoms with van der Waals surface area (Å²) in [7, 11) is 1.44. The van der Waals surface area contributed by atoms with E-state index in [0.29, 0.717) is 17.0 Å². The standard InChI is InChI=1S/C20H21NO5/c1-13-4-5-14(2)16(10-13)21-19(23)12-26-20(24)9-7-15-6-8-17(22)18(11-15)25-3/h4-11,22H,12H2,1-3H3,(H,21,23). The molecular weight excluding hydrogens is 334 g/mol. The number of nitrogens with one attached hydrogen (secondary N) is 1. The molecule has 0 fully saturated rings. The van der Waals surface area contributed by atoms with Gasteiger partial charge in [0.25, 0.3) is 5.91 Å². The Morgan fingerprint density at radius 3 is 2.65 bits per heavy atom. The number of hydrogen-bond donors (Lipinski definition) is 2. The second kappa shape index (κ2) is 8.71. The molecule has 26 heavy (non-hydrogen) atoms. The molecule has 136 valence electrons. The lowest BCUT2D eigenvalue weighted by Gasteiger charge is -2.09. The lowest BCUT2D eigenvalue weighted by Crippen LogP contribution is -2.20. The maximum atomic E-state index is 11.9. The van der Waals surface area contributed by atoms with Crippen LogP contribution in [0.5, 0.6) is 11.5 Å². The monoisotopic (exact) mass is 355 g/mol. The van der Waals surface area contributed by atoms with Crippen LogP contribution in [0.15, 0.2) is 42.5 Å². The number of aromatic hydroxyl groups is 1. The Balaban J connectivity index is 1.88. The lowest BCUT2D eigenvalue weighted by atomic mass is 10.1. The molecule has 2 aromatic carbocycles. The first kappa shape index (κ1) is 19.1. The highest BCUT2D eigenvalue weighted by Gasteiger charge is 2.08. The van der Waals surface area contributed by atoms with E-state index in [-0.39, 0.29) is 12.4 Å². The van der Waals surface area contributed by atoms with E-state index in [9.17, 15) is 14.7 Å². The van der Waals surface area contributed by atoms with Gasteiger partial charge in [-0.3, -0.25) is 4.79 Å². The van der Waals surface area contributed by atoms with Crippen LogP contribution in [-0.2, 0) is 14.3 Å². The van der Waals surface area contributed by atoms with Gasteiger partial charge in [-0.2, -0.15) is 0 Å². The van der Waals surface area contributed by atoms with Crippen LogP contribution in [0, 0.1) is 13.8 Å². The van der Waals surface area contributed by atoms with E-state index >= 15 is 0 Å². The minimum absolute atomic E-state index is 0.00957. The first-order chi connectivity index (χ1) is 12.4. The van der Waals surface area contributed by atoms with E-state index in [2.05, 4.69) is 5.32 Å². The fourth-order valence-corrected chi connectivity index (χ4v) is 2.20. The predicted octanol–water partition coefficient (Wildman–Crippen LogP) is 3.21. The number of amides is 1. The Morgan fingerprint density at radius 1 is 1.15 bits per heavy atom. The summed E-state index contributed by atoms with van der Waals surface area (Å²) in [5.41, 5.74) is 3.29. The van der Waals surface area contributed by atoms with Gasteiger partial charge >= 0.3 is 5.97 Å². The average molecular weight is 355 g/mol. The summed E-state index contributed by atoms with van der Waals surface area (Å²) in [6.07, 6.45) is 2.71. The summed E-state index contributed by atoms with van der Waals surface area (Å²) < 4.78 is 9.92. The molecule has 2 N–H and O–H groups in total. The molecule has 0 saturated carbocycles. The fraction of sp³-hybridized carbons (Fsp3) is 0.200. The highest BCUT2D eigenvalue weighted by molar-refractivity contribution is 5.95. The molecule has 0 radical (unpaired) electrons. The van der Waals surface area contributed by atoms with Crippen LogP contribution in [-0.4, -0.2) is 30.7 Å². The number of phenolic OH excluding ortho intramolecular Hbond substituents is 1. The molecule has 1 amide bonds. The maximum Gasteiger partial charge on any atom is 0.331 e. The number of carbonyl (C=O) groups excluding carboxylic acids is 2. The van der Waals surface area contributed by atoms with Crippen LogP contribution in [0.3, 0.4) is 0 Å². The number of anilines is 1. The molecule has 0 atom stereocenters. The van der Waals surface area contributed by atoms with Crippen molar-refractivity contribution in [1.29, 1.82) is 0 Å². The molecule has 0 aromatic heterocycles. The average Bonchev–Trinajstić information content (AvgIpc) is 2.62. The third-order valence-corrected chi connectivity index (χ3v) is 3.63. The topological polar surface area (TPSA) is 84.9 Å². The largest absolute Gasteiger partial charge is 0.504 e. The minimum atomic E-state index is -0.645. The highest BCUT2D eigenvalue weighted by Crippen LogP contribution is 2.26. The number of aryl methyl sites for hydroxylation is 2. The zero-order valence-electron chi connectivity index (χ0n) is 14.9. The van der Waals surface area contributed by atoms with Crippen molar-refractivity contribution < 1.29 is 24.2 Å². The number of ether oxygens (including phenoxy) is 2. The summed E-state index contributed by atoms with van der Waals surface area (Å²) in [6.45, 7) is 3.43. The van der Waals surface area contributed by atoms with Crippen molar-refractivity contribution in [3.8, 4) is 11.5 Å². The molecular formula is C20H21NO5. The van der Waals surface area contributed by atoms with Gasteiger partial charge < -0.3 is 19.9 Å². The second-order valence-corrected chi connectivity index (χ2v) is 5.74. The normalized spacial score (nSPS) is 10.6. The summed E-state index contributed by atoms with van der Waals surface area (Å²) in [6, 6.07) is 10.4. The fourth-order valence-electron chi connectivity index (χ4n) is 2.20. The summed E-state index contributed by atoms with van der Waals surface area (Å²) in [5, 5.41) is 12.2. The number of esters is 1. The zero-order chi connectivity index (χ0) is 19.1. The van der Waals surface area contributed by atoms with E-state index < -0.39 is 11.9 Å². The smallest absolute Gasteiger partial charge is 0.331 e. The highest BCUT2D eigenvalue weighted by atomic mass is 16.5. The Kier molecular flexibility index (Phi) is 6.38. The number of hydrogen-bond acceptors (Lipinski definition) is 5. The Bertz CT molecular complexity index is 842. The van der Waals surface area contributed by atoms with Crippen molar-refractivity contribution in [2.75, 3.05) is 19.0 Å². The van der Waals surface area contributed by atoms with Crippen LogP contribution >= 0.6 is 0 Å². The number of phenols is 1.